The SMILES string of the molecule is CCCCOc1cc(-c2cn(C)c3cnc(NC(C)=O)cc23)nc2c1CCOC21CCOC1. The number of nitrogens with one attached hydrogen (secondary N) is 1. The number of pyridine rings is 2. The summed E-state index contributed by atoms with van der Waals surface area (Å²) in [6.45, 7) is 6.12. The number of hydrogen-bond donors (Lipinski definition) is 1. The van der Waals surface area contributed by atoms with Gasteiger partial charge in [0.1, 0.15) is 17.2 Å². The van der Waals surface area contributed by atoms with Gasteiger partial charge in [-0.3, -0.25) is 4.79 Å². The van der Waals surface area contributed by atoms with Crippen molar-refractivity contribution in [2.45, 2.75) is 45.1 Å². The Kier molecular flexibility index (Phi) is 5.80. The highest BCUT2D eigenvalue weighted by Crippen LogP contribution is 2.44. The largest absolute Gasteiger partial charge is 0.493 e. The van der Waals surface area contributed by atoms with Crippen LogP contribution in [0, 0.1) is 0 Å². The highest BCUT2D eigenvalue weighted by molar-refractivity contribution is 5.98. The smallest absolute Gasteiger partial charge is 0.222 e. The number of fused-ring (bicyclic) bond motifs is 3. The molecule has 1 fully saturated rings. The lowest BCUT2D eigenvalue weighted by molar-refractivity contribution is -0.114. The molecule has 1 spiro atoms. The molecule has 0 saturated carbocycles. The highest BCUT2D eigenvalue weighted by atomic mass is 16.6. The Morgan fingerprint density at radius 2 is 2.21 bits per heavy atom. The Morgan fingerprint density at radius 3 is 2.97 bits per heavy atom. The number of hydrogen-bond acceptors (Lipinski definition) is 6. The summed E-state index contributed by atoms with van der Waals surface area (Å²) in [6.07, 6.45) is 7.46. The van der Waals surface area contributed by atoms with Crippen LogP contribution in [0.15, 0.2) is 24.5 Å². The van der Waals surface area contributed by atoms with Crippen molar-refractivity contribution in [2.75, 3.05) is 31.7 Å². The third-order valence-electron chi connectivity index (χ3n) is 6.44. The molecule has 5 rings (SSSR count). The summed E-state index contributed by atoms with van der Waals surface area (Å²) in [6, 6.07) is 3.95. The molecule has 1 amide bonds. The van der Waals surface area contributed by atoms with Crippen molar-refractivity contribution >= 4 is 22.6 Å². The summed E-state index contributed by atoms with van der Waals surface area (Å²) in [5, 5.41) is 3.75. The molecule has 3 aromatic heterocycles. The van der Waals surface area contributed by atoms with E-state index in [0.29, 0.717) is 32.2 Å². The van der Waals surface area contributed by atoms with Gasteiger partial charge in [0.05, 0.1) is 42.9 Å². The average molecular weight is 451 g/mol. The molecule has 174 valence electrons. The van der Waals surface area contributed by atoms with Crippen molar-refractivity contribution in [3.63, 3.8) is 0 Å². The lowest BCUT2D eigenvalue weighted by atomic mass is 9.89. The molecule has 8 heteroatoms. The summed E-state index contributed by atoms with van der Waals surface area (Å²) < 4.78 is 20.3. The molecule has 3 aromatic rings. The number of carbonyl (C=O) groups is 1. The van der Waals surface area contributed by atoms with Crippen LogP contribution < -0.4 is 10.1 Å². The van der Waals surface area contributed by atoms with Crippen molar-refractivity contribution in [3.05, 3.63) is 35.8 Å². The van der Waals surface area contributed by atoms with E-state index in [2.05, 4.69) is 29.5 Å². The maximum absolute atomic E-state index is 11.6. The minimum Gasteiger partial charge on any atom is -0.493 e. The molecule has 0 aliphatic carbocycles. The van der Waals surface area contributed by atoms with Gasteiger partial charge in [0.25, 0.3) is 0 Å². The Hall–Kier alpha value is -2.97. The third-order valence-corrected chi connectivity index (χ3v) is 6.44. The lowest BCUT2D eigenvalue weighted by Gasteiger charge is -2.34. The van der Waals surface area contributed by atoms with Gasteiger partial charge in [-0.2, -0.15) is 0 Å². The summed E-state index contributed by atoms with van der Waals surface area (Å²) in [5.41, 5.74) is 4.30. The van der Waals surface area contributed by atoms with Gasteiger partial charge in [0, 0.05) is 62.2 Å². The molecule has 0 bridgehead atoms. The van der Waals surface area contributed by atoms with Crippen LogP contribution in [-0.4, -0.2) is 46.9 Å². The summed E-state index contributed by atoms with van der Waals surface area (Å²) in [7, 11) is 1.98. The van der Waals surface area contributed by atoms with Gasteiger partial charge < -0.3 is 24.1 Å². The predicted molar refractivity (Wildman–Crippen MR) is 125 cm³/mol. The maximum atomic E-state index is 11.6. The van der Waals surface area contributed by atoms with Crippen LogP contribution in [0.3, 0.4) is 0 Å². The minimum atomic E-state index is -0.514. The molecule has 8 nitrogen and oxygen atoms in total. The van der Waals surface area contributed by atoms with Gasteiger partial charge in [0.2, 0.25) is 5.91 Å². The van der Waals surface area contributed by atoms with Gasteiger partial charge >= 0.3 is 0 Å². The van der Waals surface area contributed by atoms with E-state index >= 15 is 0 Å². The fourth-order valence-corrected chi connectivity index (χ4v) is 4.75. The van der Waals surface area contributed by atoms with Crippen LogP contribution >= 0.6 is 0 Å². The van der Waals surface area contributed by atoms with Crippen molar-refractivity contribution in [1.29, 1.82) is 0 Å². The monoisotopic (exact) mass is 450 g/mol. The fourth-order valence-electron chi connectivity index (χ4n) is 4.75. The minimum absolute atomic E-state index is 0.154. The Labute approximate surface area is 193 Å². The van der Waals surface area contributed by atoms with Gasteiger partial charge in [0.15, 0.2) is 0 Å². The van der Waals surface area contributed by atoms with Gasteiger partial charge in [-0.25, -0.2) is 9.97 Å². The molecule has 2 aliphatic heterocycles. The zero-order valence-corrected chi connectivity index (χ0v) is 19.4. The van der Waals surface area contributed by atoms with E-state index in [4.69, 9.17) is 19.2 Å². The number of amides is 1. The van der Waals surface area contributed by atoms with Crippen LogP contribution in [0.5, 0.6) is 5.75 Å². The van der Waals surface area contributed by atoms with Gasteiger partial charge in [-0.1, -0.05) is 13.3 Å². The zero-order valence-electron chi connectivity index (χ0n) is 19.4. The quantitative estimate of drug-likeness (QED) is 0.572. The van der Waals surface area contributed by atoms with Crippen LogP contribution in [0.25, 0.3) is 22.2 Å². The van der Waals surface area contributed by atoms with Crippen molar-refractivity contribution in [1.82, 2.24) is 14.5 Å². The maximum Gasteiger partial charge on any atom is 0.222 e. The van der Waals surface area contributed by atoms with Crippen LogP contribution in [0.2, 0.25) is 0 Å². The number of unbranched alkanes of at least 4 members (excludes halogenated alkanes) is 1. The Balaban J connectivity index is 1.67. The molecule has 1 atom stereocenters. The van der Waals surface area contributed by atoms with Crippen LogP contribution in [-0.2, 0) is 33.3 Å². The van der Waals surface area contributed by atoms with E-state index in [9.17, 15) is 4.79 Å². The first kappa shape index (κ1) is 21.9. The first-order valence-corrected chi connectivity index (χ1v) is 11.6. The second kappa shape index (κ2) is 8.76. The zero-order chi connectivity index (χ0) is 23.0. The summed E-state index contributed by atoms with van der Waals surface area (Å²) >= 11 is 0. The summed E-state index contributed by atoms with van der Waals surface area (Å²) in [4.78, 5) is 21.1. The van der Waals surface area contributed by atoms with Crippen molar-refractivity contribution in [2.24, 2.45) is 7.05 Å². The molecular weight excluding hydrogens is 420 g/mol. The fraction of sp³-hybridized carbons (Fsp3) is 0.480. The predicted octanol–water partition coefficient (Wildman–Crippen LogP) is 3.96. The molecular formula is C25H30N4O4. The Morgan fingerprint density at radius 1 is 1.33 bits per heavy atom. The van der Waals surface area contributed by atoms with E-state index in [1.807, 2.05) is 17.7 Å². The topological polar surface area (TPSA) is 87.5 Å². The number of carbonyl (C=O) groups excluding carboxylic acids is 1. The van der Waals surface area contributed by atoms with E-state index in [0.717, 1.165) is 64.9 Å². The molecule has 2 aliphatic rings. The van der Waals surface area contributed by atoms with Crippen molar-refractivity contribution < 1.29 is 19.0 Å². The van der Waals surface area contributed by atoms with Gasteiger partial charge in [-0.15, -0.1) is 0 Å². The molecule has 0 radical (unpaired) electrons. The average Bonchev–Trinajstić information content (AvgIpc) is 3.39. The summed E-state index contributed by atoms with van der Waals surface area (Å²) in [5.74, 6) is 1.24. The molecule has 1 unspecified atom stereocenters. The van der Waals surface area contributed by atoms with E-state index in [-0.39, 0.29) is 5.91 Å². The Bertz CT molecular complexity index is 1200. The second-order valence-electron chi connectivity index (χ2n) is 8.85. The first-order chi connectivity index (χ1) is 16.0. The third kappa shape index (κ3) is 3.98. The number of aromatic nitrogens is 3. The number of aryl methyl sites for hydroxylation is 1. The molecule has 1 N–H and O–H groups in total. The highest BCUT2D eigenvalue weighted by Gasteiger charge is 2.44. The lowest BCUT2D eigenvalue weighted by Crippen LogP contribution is -2.37. The first-order valence-electron chi connectivity index (χ1n) is 11.6. The van der Waals surface area contributed by atoms with E-state index < -0.39 is 5.60 Å². The number of rotatable bonds is 6. The molecule has 0 aromatic carbocycles. The molecule has 5 heterocycles. The van der Waals surface area contributed by atoms with Gasteiger partial charge in [-0.05, 0) is 12.5 Å². The molecule has 1 saturated heterocycles. The standard InChI is InChI=1S/C25H30N4O4/c1-4-5-8-32-22-12-20(28-24-17(22)6-9-33-25(24)7-10-31-15-25)19-14-29(3)21-13-26-23(11-18(19)21)27-16(2)30/h11-14H,4-10,15H2,1-3H3,(H,26,27,30). The van der Waals surface area contributed by atoms with E-state index in [1.54, 1.807) is 6.20 Å². The molecule has 33 heavy (non-hydrogen) atoms. The van der Waals surface area contributed by atoms with Crippen molar-refractivity contribution in [3.8, 4) is 17.0 Å². The van der Waals surface area contributed by atoms with E-state index in [1.165, 1.54) is 6.92 Å². The normalized spacial score (nSPS) is 19.7. The number of ether oxygens (including phenoxy) is 3. The second-order valence-corrected chi connectivity index (χ2v) is 8.85. The number of nitrogens with zero attached hydrogens (tertiary/aromatic N) is 3. The van der Waals surface area contributed by atoms with Crippen LogP contribution in [0.4, 0.5) is 5.82 Å². The number of anilines is 1. The van der Waals surface area contributed by atoms with Crippen LogP contribution in [0.1, 0.15) is 44.4 Å².